The molecule has 118 valence electrons. The van der Waals surface area contributed by atoms with E-state index in [2.05, 4.69) is 0 Å². The lowest BCUT2D eigenvalue weighted by Gasteiger charge is -2.44. The molecule has 0 radical (unpaired) electrons. The van der Waals surface area contributed by atoms with Gasteiger partial charge in [-0.05, 0) is 18.3 Å². The highest BCUT2D eigenvalue weighted by Gasteiger charge is 2.46. The van der Waals surface area contributed by atoms with Crippen LogP contribution in [0.2, 0.25) is 0 Å². The van der Waals surface area contributed by atoms with Crippen LogP contribution in [0.1, 0.15) is 57.8 Å². The second-order valence-corrected chi connectivity index (χ2v) is 7.12. The maximum atomic E-state index is 12.5. The number of imide groups is 1. The molecule has 5 heteroatoms. The summed E-state index contributed by atoms with van der Waals surface area (Å²) in [7, 11) is 0. The Hall–Kier alpha value is -0.940. The van der Waals surface area contributed by atoms with E-state index in [1.54, 1.807) is 0 Å². The summed E-state index contributed by atoms with van der Waals surface area (Å²) in [6, 6.07) is 0. The Balaban J connectivity index is 1.67. The Morgan fingerprint density at radius 1 is 0.952 bits per heavy atom. The summed E-state index contributed by atoms with van der Waals surface area (Å²) in [6.45, 7) is 1.14. The summed E-state index contributed by atoms with van der Waals surface area (Å²) in [5.74, 6) is -0.180. The van der Waals surface area contributed by atoms with Crippen LogP contribution in [-0.2, 0) is 14.3 Å². The Kier molecular flexibility index (Phi) is 4.06. The van der Waals surface area contributed by atoms with Gasteiger partial charge in [0.15, 0.2) is 0 Å². The van der Waals surface area contributed by atoms with E-state index >= 15 is 0 Å². The standard InChI is InChI=1S/C16H25NO4/c18-13-10-15(4-2-1-3-5-15)11-14(19)17(13)12-16(20)6-8-21-9-7-16/h20H,1-12H2. The van der Waals surface area contributed by atoms with E-state index in [1.807, 2.05) is 0 Å². The zero-order chi connectivity index (χ0) is 14.9. The zero-order valence-corrected chi connectivity index (χ0v) is 12.6. The number of rotatable bonds is 2. The van der Waals surface area contributed by atoms with Gasteiger partial charge in [-0.25, -0.2) is 0 Å². The molecule has 0 unspecified atom stereocenters. The van der Waals surface area contributed by atoms with E-state index in [0.717, 1.165) is 25.7 Å². The summed E-state index contributed by atoms with van der Waals surface area (Å²) in [6.07, 6.45) is 7.41. The number of piperidine rings is 1. The van der Waals surface area contributed by atoms with Gasteiger partial charge < -0.3 is 9.84 Å². The molecule has 0 aromatic rings. The molecule has 0 aromatic heterocycles. The lowest BCUT2D eigenvalue weighted by Crippen LogP contribution is -2.55. The largest absolute Gasteiger partial charge is 0.388 e. The van der Waals surface area contributed by atoms with Crippen molar-refractivity contribution in [2.75, 3.05) is 19.8 Å². The fourth-order valence-corrected chi connectivity index (χ4v) is 4.07. The average molecular weight is 295 g/mol. The van der Waals surface area contributed by atoms with Gasteiger partial charge in [0.1, 0.15) is 0 Å². The highest BCUT2D eigenvalue weighted by Crippen LogP contribution is 2.45. The fourth-order valence-electron chi connectivity index (χ4n) is 4.07. The summed E-state index contributed by atoms with van der Waals surface area (Å²) < 4.78 is 5.25. The van der Waals surface area contributed by atoms with Crippen molar-refractivity contribution in [1.82, 2.24) is 4.90 Å². The molecule has 1 saturated carbocycles. The van der Waals surface area contributed by atoms with E-state index < -0.39 is 5.60 Å². The summed E-state index contributed by atoms with van der Waals surface area (Å²) >= 11 is 0. The molecule has 0 atom stereocenters. The summed E-state index contributed by atoms with van der Waals surface area (Å²) in [4.78, 5) is 26.2. The number of hydrogen-bond donors (Lipinski definition) is 1. The van der Waals surface area contributed by atoms with Crippen molar-refractivity contribution in [2.45, 2.75) is 63.4 Å². The van der Waals surface area contributed by atoms with Crippen LogP contribution in [0.5, 0.6) is 0 Å². The molecule has 1 aliphatic carbocycles. The normalized spacial score (nSPS) is 28.9. The van der Waals surface area contributed by atoms with E-state index in [-0.39, 0.29) is 23.8 Å². The number of carbonyl (C=O) groups is 2. The number of β-amino-alcohol motifs (C(OH)–C–C–N with tert-alkyl or cyclic N) is 1. The second-order valence-electron chi connectivity index (χ2n) is 7.12. The maximum Gasteiger partial charge on any atom is 0.229 e. The van der Waals surface area contributed by atoms with Crippen LogP contribution in [0.25, 0.3) is 0 Å². The molecule has 2 heterocycles. The molecule has 2 saturated heterocycles. The van der Waals surface area contributed by atoms with Crippen molar-refractivity contribution in [3.8, 4) is 0 Å². The minimum Gasteiger partial charge on any atom is -0.388 e. The van der Waals surface area contributed by atoms with Gasteiger partial charge in [-0.1, -0.05) is 19.3 Å². The number of nitrogens with zero attached hydrogens (tertiary/aromatic N) is 1. The molecule has 1 N–H and O–H groups in total. The van der Waals surface area contributed by atoms with Crippen LogP contribution >= 0.6 is 0 Å². The van der Waals surface area contributed by atoms with Gasteiger partial charge in [-0.15, -0.1) is 0 Å². The predicted molar refractivity (Wildman–Crippen MR) is 76.5 cm³/mol. The fraction of sp³-hybridized carbons (Fsp3) is 0.875. The molecule has 3 fully saturated rings. The van der Waals surface area contributed by atoms with Gasteiger partial charge in [0.25, 0.3) is 0 Å². The molecule has 3 aliphatic rings. The van der Waals surface area contributed by atoms with Crippen LogP contribution in [0.15, 0.2) is 0 Å². The smallest absolute Gasteiger partial charge is 0.229 e. The first kappa shape index (κ1) is 15.0. The Morgan fingerprint density at radius 2 is 1.52 bits per heavy atom. The van der Waals surface area contributed by atoms with Crippen molar-refractivity contribution >= 4 is 11.8 Å². The number of aliphatic hydroxyl groups is 1. The van der Waals surface area contributed by atoms with Crippen molar-refractivity contribution < 1.29 is 19.4 Å². The SMILES string of the molecule is O=C1CC2(CCCCC2)CC(=O)N1CC1(O)CCOCC1. The number of carbonyl (C=O) groups excluding carboxylic acids is 2. The third-order valence-electron chi connectivity index (χ3n) is 5.44. The first-order chi connectivity index (χ1) is 10.0. The molecule has 5 nitrogen and oxygen atoms in total. The summed E-state index contributed by atoms with van der Waals surface area (Å²) in [5.41, 5.74) is -1.04. The van der Waals surface area contributed by atoms with Crippen molar-refractivity contribution in [1.29, 1.82) is 0 Å². The quantitative estimate of drug-likeness (QED) is 0.786. The number of hydrogen-bond acceptors (Lipinski definition) is 4. The third-order valence-corrected chi connectivity index (χ3v) is 5.44. The van der Waals surface area contributed by atoms with E-state index in [1.165, 1.54) is 11.3 Å². The van der Waals surface area contributed by atoms with Gasteiger partial charge >= 0.3 is 0 Å². The Labute approximate surface area is 125 Å². The van der Waals surface area contributed by atoms with Crippen LogP contribution in [0.4, 0.5) is 0 Å². The van der Waals surface area contributed by atoms with Crippen molar-refractivity contribution in [3.05, 3.63) is 0 Å². The molecule has 0 aromatic carbocycles. The molecule has 3 rings (SSSR count). The van der Waals surface area contributed by atoms with Crippen LogP contribution < -0.4 is 0 Å². The summed E-state index contributed by atoms with van der Waals surface area (Å²) in [5, 5.41) is 10.5. The Morgan fingerprint density at radius 3 is 2.10 bits per heavy atom. The van der Waals surface area contributed by atoms with Gasteiger partial charge in [-0.3, -0.25) is 14.5 Å². The van der Waals surface area contributed by atoms with Crippen LogP contribution in [-0.4, -0.2) is 47.2 Å². The van der Waals surface area contributed by atoms with Crippen molar-refractivity contribution in [2.24, 2.45) is 5.41 Å². The number of likely N-dealkylation sites (tertiary alicyclic amines) is 1. The lowest BCUT2D eigenvalue weighted by molar-refractivity contribution is -0.162. The van der Waals surface area contributed by atoms with E-state index in [4.69, 9.17) is 4.74 Å². The average Bonchev–Trinajstić information content (AvgIpc) is 2.45. The van der Waals surface area contributed by atoms with Crippen molar-refractivity contribution in [3.63, 3.8) is 0 Å². The minimum atomic E-state index is -0.958. The van der Waals surface area contributed by atoms with E-state index in [0.29, 0.717) is 38.9 Å². The molecule has 21 heavy (non-hydrogen) atoms. The first-order valence-electron chi connectivity index (χ1n) is 8.15. The third kappa shape index (κ3) is 3.14. The lowest BCUT2D eigenvalue weighted by atomic mass is 9.67. The topological polar surface area (TPSA) is 66.8 Å². The molecule has 1 spiro atoms. The highest BCUT2D eigenvalue weighted by atomic mass is 16.5. The van der Waals surface area contributed by atoms with Crippen LogP contribution in [0, 0.1) is 5.41 Å². The first-order valence-corrected chi connectivity index (χ1v) is 8.15. The van der Waals surface area contributed by atoms with Crippen LogP contribution in [0.3, 0.4) is 0 Å². The molecule has 2 amide bonds. The highest BCUT2D eigenvalue weighted by molar-refractivity contribution is 5.98. The zero-order valence-electron chi connectivity index (χ0n) is 12.6. The monoisotopic (exact) mass is 295 g/mol. The Bertz CT molecular complexity index is 402. The molecular weight excluding hydrogens is 270 g/mol. The van der Waals surface area contributed by atoms with Gasteiger partial charge in [0.2, 0.25) is 11.8 Å². The van der Waals surface area contributed by atoms with Gasteiger partial charge in [-0.2, -0.15) is 0 Å². The number of amides is 2. The number of ether oxygens (including phenoxy) is 1. The molecule has 0 bridgehead atoms. The molecular formula is C16H25NO4. The van der Waals surface area contributed by atoms with Gasteiger partial charge in [0, 0.05) is 38.9 Å². The predicted octanol–water partition coefficient (Wildman–Crippen LogP) is 1.63. The van der Waals surface area contributed by atoms with E-state index in [9.17, 15) is 14.7 Å². The minimum absolute atomic E-state index is 0.0821. The van der Waals surface area contributed by atoms with Gasteiger partial charge in [0.05, 0.1) is 12.1 Å². The molecule has 2 aliphatic heterocycles. The maximum absolute atomic E-state index is 12.5. The second kappa shape index (κ2) is 5.69.